The van der Waals surface area contributed by atoms with Gasteiger partial charge in [-0.3, -0.25) is 19.5 Å². The van der Waals surface area contributed by atoms with Gasteiger partial charge in [-0.1, -0.05) is 29.3 Å². The summed E-state index contributed by atoms with van der Waals surface area (Å²) in [6.07, 6.45) is -0.259. The van der Waals surface area contributed by atoms with Crippen molar-refractivity contribution in [2.75, 3.05) is 6.61 Å². The summed E-state index contributed by atoms with van der Waals surface area (Å²) < 4.78 is 5.90. The van der Waals surface area contributed by atoms with Gasteiger partial charge in [0.15, 0.2) is 0 Å². The highest BCUT2D eigenvalue weighted by Crippen LogP contribution is 2.21. The molecule has 0 spiro atoms. The Balaban J connectivity index is 2.36. The van der Waals surface area contributed by atoms with Crippen LogP contribution in [-0.4, -0.2) is 22.4 Å². The maximum absolute atomic E-state index is 12.4. The van der Waals surface area contributed by atoms with Gasteiger partial charge in [-0.25, -0.2) is 4.68 Å². The van der Waals surface area contributed by atoms with Gasteiger partial charge in [-0.2, -0.15) is 0 Å². The number of hydrogen-bond donors (Lipinski definition) is 1. The number of aromatic nitrogens is 2. The van der Waals surface area contributed by atoms with Crippen LogP contribution in [0.2, 0.25) is 10.0 Å². The second-order valence-corrected chi connectivity index (χ2v) is 5.60. The fraction of sp³-hybridized carbons (Fsp3) is 0.267. The van der Waals surface area contributed by atoms with Crippen molar-refractivity contribution in [1.29, 1.82) is 0 Å². The molecule has 0 aliphatic carbocycles. The van der Waals surface area contributed by atoms with Crippen molar-refractivity contribution in [1.82, 2.24) is 9.78 Å². The molecule has 0 bridgehead atoms. The van der Waals surface area contributed by atoms with Crippen molar-refractivity contribution in [3.8, 4) is 0 Å². The summed E-state index contributed by atoms with van der Waals surface area (Å²) in [4.78, 5) is 35.6. The normalized spacial score (nSPS) is 10.6. The molecule has 0 radical (unpaired) electrons. The van der Waals surface area contributed by atoms with Gasteiger partial charge in [0.25, 0.3) is 11.1 Å². The first kappa shape index (κ1) is 17.3. The van der Waals surface area contributed by atoms with Gasteiger partial charge in [0.2, 0.25) is 0 Å². The van der Waals surface area contributed by atoms with Crippen LogP contribution >= 0.6 is 23.2 Å². The lowest BCUT2D eigenvalue weighted by Gasteiger charge is -2.09. The third kappa shape index (κ3) is 4.46. The van der Waals surface area contributed by atoms with Gasteiger partial charge >= 0.3 is 5.97 Å². The summed E-state index contributed by atoms with van der Waals surface area (Å²) in [6, 6.07) is 5.94. The van der Waals surface area contributed by atoms with Crippen LogP contribution in [0.15, 0.2) is 33.9 Å². The van der Waals surface area contributed by atoms with E-state index in [-0.39, 0.29) is 25.1 Å². The van der Waals surface area contributed by atoms with E-state index in [1.165, 1.54) is 0 Å². The first-order valence-corrected chi connectivity index (χ1v) is 7.59. The fourth-order valence-electron chi connectivity index (χ4n) is 2.04. The monoisotopic (exact) mass is 356 g/mol. The standard InChI is InChI=1S/C15H14Cl2N2O4/c1-2-23-14(21)6-10-5-13(20)18-19(15(10)22)8-9-3-4-11(16)7-12(9)17/h3-5,7H,2,6,8H2,1H3,(H,18,20). The molecule has 2 rings (SSSR count). The Morgan fingerprint density at radius 2 is 1.96 bits per heavy atom. The van der Waals surface area contributed by atoms with Gasteiger partial charge in [-0.15, -0.1) is 0 Å². The number of nitrogens with one attached hydrogen (secondary N) is 1. The van der Waals surface area contributed by atoms with E-state index in [4.69, 9.17) is 27.9 Å². The highest BCUT2D eigenvalue weighted by Gasteiger charge is 2.12. The van der Waals surface area contributed by atoms with E-state index >= 15 is 0 Å². The number of hydrogen-bond acceptors (Lipinski definition) is 4. The Labute approximate surface area is 141 Å². The fourth-order valence-corrected chi connectivity index (χ4v) is 2.50. The predicted octanol–water partition coefficient (Wildman–Crippen LogP) is 2.00. The number of benzene rings is 1. The molecule has 1 N–H and O–H groups in total. The van der Waals surface area contributed by atoms with E-state index in [1.807, 2.05) is 0 Å². The van der Waals surface area contributed by atoms with Gasteiger partial charge in [0.05, 0.1) is 19.6 Å². The minimum atomic E-state index is -0.564. The molecule has 0 saturated carbocycles. The Morgan fingerprint density at radius 3 is 2.61 bits per heavy atom. The molecule has 2 aromatic rings. The quantitative estimate of drug-likeness (QED) is 0.830. The van der Waals surface area contributed by atoms with Gasteiger partial charge < -0.3 is 4.74 Å². The third-order valence-electron chi connectivity index (χ3n) is 3.05. The van der Waals surface area contributed by atoms with Crippen molar-refractivity contribution in [3.05, 3.63) is 66.1 Å². The SMILES string of the molecule is CCOC(=O)Cc1cc(=O)[nH]n(Cc2ccc(Cl)cc2Cl)c1=O. The summed E-state index contributed by atoms with van der Waals surface area (Å²) in [5.74, 6) is -0.564. The lowest BCUT2D eigenvalue weighted by molar-refractivity contribution is -0.142. The van der Waals surface area contributed by atoms with Crippen LogP contribution in [0.25, 0.3) is 0 Å². The third-order valence-corrected chi connectivity index (χ3v) is 3.64. The maximum Gasteiger partial charge on any atom is 0.310 e. The minimum Gasteiger partial charge on any atom is -0.466 e. The topological polar surface area (TPSA) is 81.2 Å². The smallest absolute Gasteiger partial charge is 0.310 e. The molecule has 122 valence electrons. The lowest BCUT2D eigenvalue weighted by atomic mass is 10.2. The lowest BCUT2D eigenvalue weighted by Crippen LogP contribution is -2.33. The summed E-state index contributed by atoms with van der Waals surface area (Å²) in [7, 11) is 0. The van der Waals surface area contributed by atoms with Crippen LogP contribution in [0, 0.1) is 0 Å². The molecule has 0 amide bonds. The molecule has 0 fully saturated rings. The van der Waals surface area contributed by atoms with Crippen LogP contribution in [-0.2, 0) is 22.5 Å². The Bertz CT molecular complexity index is 842. The number of esters is 1. The molecule has 0 unspecified atom stereocenters. The number of carbonyl (C=O) groups excluding carboxylic acids is 1. The first-order chi connectivity index (χ1) is 10.9. The summed E-state index contributed by atoms with van der Waals surface area (Å²) in [5.41, 5.74) is -0.294. The molecule has 6 nitrogen and oxygen atoms in total. The Hall–Kier alpha value is -2.05. The van der Waals surface area contributed by atoms with Crippen molar-refractivity contribution < 1.29 is 9.53 Å². The molecule has 8 heteroatoms. The number of rotatable bonds is 5. The molecular formula is C15H14Cl2N2O4. The highest BCUT2D eigenvalue weighted by molar-refractivity contribution is 6.35. The van der Waals surface area contributed by atoms with Crippen molar-refractivity contribution in [2.45, 2.75) is 19.9 Å². The van der Waals surface area contributed by atoms with Crippen molar-refractivity contribution in [3.63, 3.8) is 0 Å². The molecule has 1 aromatic heterocycles. The van der Waals surface area contributed by atoms with E-state index in [2.05, 4.69) is 5.10 Å². The summed E-state index contributed by atoms with van der Waals surface area (Å²) in [6.45, 7) is 1.92. The number of ether oxygens (including phenoxy) is 1. The molecule has 0 saturated heterocycles. The van der Waals surface area contributed by atoms with Crippen LogP contribution < -0.4 is 11.1 Å². The second kappa shape index (κ2) is 7.48. The molecule has 0 aliphatic heterocycles. The molecule has 0 atom stereocenters. The Morgan fingerprint density at radius 1 is 1.22 bits per heavy atom. The van der Waals surface area contributed by atoms with E-state index in [0.29, 0.717) is 15.6 Å². The molecule has 0 aliphatic rings. The number of aromatic amines is 1. The van der Waals surface area contributed by atoms with Crippen molar-refractivity contribution >= 4 is 29.2 Å². The van der Waals surface area contributed by atoms with E-state index in [9.17, 15) is 14.4 Å². The van der Waals surface area contributed by atoms with Crippen LogP contribution in [0.4, 0.5) is 0 Å². The number of nitrogens with zero attached hydrogens (tertiary/aromatic N) is 1. The zero-order chi connectivity index (χ0) is 17.0. The Kier molecular flexibility index (Phi) is 5.63. The summed E-state index contributed by atoms with van der Waals surface area (Å²) >= 11 is 11.9. The molecule has 23 heavy (non-hydrogen) atoms. The highest BCUT2D eigenvalue weighted by atomic mass is 35.5. The second-order valence-electron chi connectivity index (χ2n) is 4.75. The van der Waals surface area contributed by atoms with Crippen molar-refractivity contribution in [2.24, 2.45) is 0 Å². The zero-order valence-corrected chi connectivity index (χ0v) is 13.8. The number of H-pyrrole nitrogens is 1. The molecular weight excluding hydrogens is 343 g/mol. The first-order valence-electron chi connectivity index (χ1n) is 6.83. The van der Waals surface area contributed by atoms with Crippen LogP contribution in [0.3, 0.4) is 0 Å². The largest absolute Gasteiger partial charge is 0.466 e. The van der Waals surface area contributed by atoms with E-state index < -0.39 is 17.1 Å². The molecule has 1 aromatic carbocycles. The minimum absolute atomic E-state index is 0.0563. The zero-order valence-electron chi connectivity index (χ0n) is 12.3. The van der Waals surface area contributed by atoms with E-state index in [0.717, 1.165) is 10.7 Å². The number of carbonyl (C=O) groups is 1. The van der Waals surface area contributed by atoms with Crippen LogP contribution in [0.5, 0.6) is 0 Å². The summed E-state index contributed by atoms with van der Waals surface area (Å²) in [5, 5.41) is 3.26. The van der Waals surface area contributed by atoms with Gasteiger partial charge in [0, 0.05) is 21.7 Å². The average Bonchev–Trinajstić information content (AvgIpc) is 2.47. The van der Waals surface area contributed by atoms with Gasteiger partial charge in [-0.05, 0) is 24.6 Å². The number of halogens is 2. The van der Waals surface area contributed by atoms with E-state index in [1.54, 1.807) is 25.1 Å². The average molecular weight is 357 g/mol. The predicted molar refractivity (Wildman–Crippen MR) is 87.2 cm³/mol. The van der Waals surface area contributed by atoms with Gasteiger partial charge in [0.1, 0.15) is 0 Å². The van der Waals surface area contributed by atoms with Crippen LogP contribution in [0.1, 0.15) is 18.1 Å². The molecule has 1 heterocycles. The maximum atomic E-state index is 12.4.